The van der Waals surface area contributed by atoms with Crippen molar-refractivity contribution in [3.05, 3.63) is 70.8 Å². The van der Waals surface area contributed by atoms with Crippen molar-refractivity contribution in [2.45, 2.75) is 44.4 Å². The van der Waals surface area contributed by atoms with Crippen LogP contribution in [0.2, 0.25) is 0 Å². The standard InChI is InChI=1S/C27H29NO6/c1-19(31)26(25(33)18-30)28-27(34)23-15-13-21(14-16-23)6-3-2-5-20-9-11-22(12-10-20)7-4-8-24(32)17-29/h9-16,19,24,26,29-32H,4,7-8,17-18H2,1H3,(H,28,34)/t19-,24?,26+/m1/s1. The molecule has 0 aliphatic rings. The number of hydrogen-bond acceptors (Lipinski definition) is 6. The summed E-state index contributed by atoms with van der Waals surface area (Å²) in [5.41, 5.74) is 2.90. The van der Waals surface area contributed by atoms with Gasteiger partial charge in [-0.1, -0.05) is 24.0 Å². The van der Waals surface area contributed by atoms with Crippen LogP contribution in [0.3, 0.4) is 0 Å². The first kappa shape index (κ1) is 26.8. The number of rotatable bonds is 10. The minimum atomic E-state index is -1.18. The van der Waals surface area contributed by atoms with Crippen molar-refractivity contribution in [2.75, 3.05) is 13.2 Å². The first-order chi connectivity index (χ1) is 16.3. The van der Waals surface area contributed by atoms with Gasteiger partial charge < -0.3 is 25.7 Å². The Hall–Kier alpha value is -3.46. The lowest BCUT2D eigenvalue weighted by Crippen LogP contribution is -2.48. The quantitative estimate of drug-likeness (QED) is 0.332. The van der Waals surface area contributed by atoms with Crippen LogP contribution in [0, 0.1) is 23.7 Å². The molecule has 1 unspecified atom stereocenters. The van der Waals surface area contributed by atoms with Crippen molar-refractivity contribution in [2.24, 2.45) is 0 Å². The number of aliphatic hydroxyl groups is 4. The van der Waals surface area contributed by atoms with E-state index in [0.717, 1.165) is 24.0 Å². The number of hydrogen-bond donors (Lipinski definition) is 5. The maximum atomic E-state index is 12.3. The van der Waals surface area contributed by atoms with Gasteiger partial charge in [-0.25, -0.2) is 0 Å². The summed E-state index contributed by atoms with van der Waals surface area (Å²) in [5, 5.41) is 39.2. The fourth-order valence-electron chi connectivity index (χ4n) is 3.09. The summed E-state index contributed by atoms with van der Waals surface area (Å²) in [6.45, 7) is 0.374. The topological polar surface area (TPSA) is 127 Å². The molecular formula is C27H29NO6. The van der Waals surface area contributed by atoms with Crippen molar-refractivity contribution in [3.63, 3.8) is 0 Å². The van der Waals surface area contributed by atoms with E-state index in [9.17, 15) is 19.8 Å². The van der Waals surface area contributed by atoms with Crippen LogP contribution in [0.4, 0.5) is 0 Å². The van der Waals surface area contributed by atoms with Gasteiger partial charge in [-0.3, -0.25) is 9.59 Å². The van der Waals surface area contributed by atoms with E-state index in [1.54, 1.807) is 24.3 Å². The van der Waals surface area contributed by atoms with Gasteiger partial charge in [0.15, 0.2) is 5.78 Å². The molecule has 178 valence electrons. The van der Waals surface area contributed by atoms with Gasteiger partial charge in [-0.15, -0.1) is 0 Å². The van der Waals surface area contributed by atoms with Gasteiger partial charge >= 0.3 is 0 Å². The van der Waals surface area contributed by atoms with Gasteiger partial charge in [0.05, 0.1) is 18.8 Å². The fourth-order valence-corrected chi connectivity index (χ4v) is 3.09. The molecule has 2 rings (SSSR count). The Morgan fingerprint density at radius 2 is 1.47 bits per heavy atom. The Morgan fingerprint density at radius 1 is 0.912 bits per heavy atom. The SMILES string of the molecule is C[C@@H](O)[C@H](NC(=O)c1ccc(C#CC#Cc2ccc(CCCC(O)CO)cc2)cc1)C(=O)CO. The minimum Gasteiger partial charge on any atom is -0.394 e. The lowest BCUT2D eigenvalue weighted by atomic mass is 10.0. The summed E-state index contributed by atoms with van der Waals surface area (Å²) in [4.78, 5) is 23.9. The van der Waals surface area contributed by atoms with Gasteiger partial charge in [0.25, 0.3) is 5.91 Å². The van der Waals surface area contributed by atoms with E-state index in [4.69, 9.17) is 10.2 Å². The van der Waals surface area contributed by atoms with Crippen LogP contribution in [0.1, 0.15) is 46.8 Å². The van der Waals surface area contributed by atoms with Crippen molar-refractivity contribution in [1.29, 1.82) is 0 Å². The third-order valence-electron chi connectivity index (χ3n) is 5.06. The molecule has 0 aliphatic carbocycles. The van der Waals surface area contributed by atoms with Gasteiger partial charge in [0.1, 0.15) is 12.6 Å². The zero-order chi connectivity index (χ0) is 24.9. The van der Waals surface area contributed by atoms with Crippen molar-refractivity contribution in [3.8, 4) is 23.7 Å². The van der Waals surface area contributed by atoms with Crippen LogP contribution in [0.5, 0.6) is 0 Å². The van der Waals surface area contributed by atoms with Crippen LogP contribution in [0.15, 0.2) is 48.5 Å². The Bertz CT molecular complexity index is 1070. The highest BCUT2D eigenvalue weighted by Gasteiger charge is 2.25. The van der Waals surface area contributed by atoms with E-state index in [-0.39, 0.29) is 6.61 Å². The van der Waals surface area contributed by atoms with Crippen LogP contribution < -0.4 is 5.32 Å². The second kappa shape index (κ2) is 13.9. The molecule has 2 aromatic rings. The molecule has 0 bridgehead atoms. The summed E-state index contributed by atoms with van der Waals surface area (Å²) < 4.78 is 0. The summed E-state index contributed by atoms with van der Waals surface area (Å²) in [5.74, 6) is 10.2. The molecule has 0 saturated heterocycles. The van der Waals surface area contributed by atoms with Gasteiger partial charge in [0, 0.05) is 16.7 Å². The third-order valence-corrected chi connectivity index (χ3v) is 5.06. The molecule has 0 aromatic heterocycles. The molecule has 7 nitrogen and oxygen atoms in total. The number of benzene rings is 2. The highest BCUT2D eigenvalue weighted by atomic mass is 16.3. The molecule has 0 spiro atoms. The fraction of sp³-hybridized carbons (Fsp3) is 0.333. The number of nitrogens with one attached hydrogen (secondary N) is 1. The highest BCUT2D eigenvalue weighted by Crippen LogP contribution is 2.09. The molecule has 0 saturated carbocycles. The van der Waals surface area contributed by atoms with E-state index >= 15 is 0 Å². The molecule has 5 N–H and O–H groups in total. The average molecular weight is 464 g/mol. The molecule has 0 radical (unpaired) electrons. The molecule has 0 aliphatic heterocycles. The molecule has 0 heterocycles. The number of aryl methyl sites for hydroxylation is 1. The summed E-state index contributed by atoms with van der Waals surface area (Å²) in [6, 6.07) is 13.0. The molecule has 2 aromatic carbocycles. The van der Waals surface area contributed by atoms with Crippen LogP contribution in [0.25, 0.3) is 0 Å². The van der Waals surface area contributed by atoms with E-state index in [1.165, 1.54) is 6.92 Å². The predicted molar refractivity (Wildman–Crippen MR) is 128 cm³/mol. The summed E-state index contributed by atoms with van der Waals surface area (Å²) in [6.07, 6.45) is 0.373. The molecule has 0 fully saturated rings. The number of Topliss-reactive ketones (excluding diaryl/α,β-unsaturated/α-hetero) is 1. The Morgan fingerprint density at radius 3 is 1.97 bits per heavy atom. The zero-order valence-electron chi connectivity index (χ0n) is 19.0. The van der Waals surface area contributed by atoms with Gasteiger partial charge in [-0.2, -0.15) is 0 Å². The van der Waals surface area contributed by atoms with Gasteiger partial charge in [-0.05, 0) is 80.0 Å². The lowest BCUT2D eigenvalue weighted by Gasteiger charge is -2.19. The number of carbonyl (C=O) groups is 2. The molecule has 7 heteroatoms. The van der Waals surface area contributed by atoms with Crippen molar-refractivity contribution < 1.29 is 30.0 Å². The number of carbonyl (C=O) groups excluding carboxylic acids is 2. The number of ketones is 1. The molecule has 34 heavy (non-hydrogen) atoms. The lowest BCUT2D eigenvalue weighted by molar-refractivity contribution is -0.125. The van der Waals surface area contributed by atoms with E-state index < -0.39 is 36.5 Å². The van der Waals surface area contributed by atoms with E-state index in [1.807, 2.05) is 24.3 Å². The van der Waals surface area contributed by atoms with Crippen LogP contribution in [-0.2, 0) is 11.2 Å². The Labute approximate surface area is 199 Å². The molecule has 1 amide bonds. The molecular weight excluding hydrogens is 434 g/mol. The average Bonchev–Trinajstić information content (AvgIpc) is 2.85. The first-order valence-electron chi connectivity index (χ1n) is 11.0. The zero-order valence-corrected chi connectivity index (χ0v) is 19.0. The van der Waals surface area contributed by atoms with Crippen molar-refractivity contribution in [1.82, 2.24) is 5.32 Å². The number of amides is 1. The maximum absolute atomic E-state index is 12.3. The maximum Gasteiger partial charge on any atom is 0.251 e. The largest absolute Gasteiger partial charge is 0.394 e. The molecule has 3 atom stereocenters. The minimum absolute atomic E-state index is 0.215. The number of aliphatic hydroxyl groups excluding tert-OH is 4. The third kappa shape index (κ3) is 8.82. The first-order valence-corrected chi connectivity index (χ1v) is 11.0. The monoisotopic (exact) mass is 463 g/mol. The second-order valence-corrected chi connectivity index (χ2v) is 7.82. The van der Waals surface area contributed by atoms with E-state index in [2.05, 4.69) is 29.0 Å². The van der Waals surface area contributed by atoms with E-state index in [0.29, 0.717) is 17.5 Å². The van der Waals surface area contributed by atoms with Gasteiger partial charge in [0.2, 0.25) is 0 Å². The van der Waals surface area contributed by atoms with Crippen molar-refractivity contribution >= 4 is 11.7 Å². The Balaban J connectivity index is 1.92. The Kier molecular flexibility index (Phi) is 11.0. The van der Waals surface area contributed by atoms with Crippen LogP contribution >= 0.6 is 0 Å². The highest BCUT2D eigenvalue weighted by molar-refractivity contribution is 5.98. The summed E-state index contributed by atoms with van der Waals surface area (Å²) in [7, 11) is 0. The predicted octanol–water partition coefficient (Wildman–Crippen LogP) is 0.806. The second-order valence-electron chi connectivity index (χ2n) is 7.82. The normalized spacial score (nSPS) is 12.9. The van der Waals surface area contributed by atoms with Crippen LogP contribution in [-0.4, -0.2) is 63.6 Å². The smallest absolute Gasteiger partial charge is 0.251 e. The summed E-state index contributed by atoms with van der Waals surface area (Å²) >= 11 is 0.